The van der Waals surface area contributed by atoms with E-state index < -0.39 is 35.8 Å². The van der Waals surface area contributed by atoms with Crippen LogP contribution >= 0.6 is 0 Å². The largest absolute Gasteiger partial charge is 0.505 e. The molecule has 1 unspecified atom stereocenters. The summed E-state index contributed by atoms with van der Waals surface area (Å²) in [6.45, 7) is 0. The number of aliphatic carboxylic acids is 1. The lowest BCUT2D eigenvalue weighted by Crippen LogP contribution is -2.36. The van der Waals surface area contributed by atoms with Crippen molar-refractivity contribution >= 4 is 17.7 Å². The van der Waals surface area contributed by atoms with Crippen LogP contribution in [0.15, 0.2) is 65.6 Å². The van der Waals surface area contributed by atoms with Gasteiger partial charge in [-0.25, -0.2) is 4.79 Å². The van der Waals surface area contributed by atoms with Gasteiger partial charge < -0.3 is 25.4 Å². The molecule has 0 fully saturated rings. The third-order valence-corrected chi connectivity index (χ3v) is 4.37. The SMILES string of the molecule is Cn1ccc(O)c(NC(=O)NC(CC(=O)O)c2cccc(-c3ccccc3)n2)c1=O. The number of anilines is 1. The van der Waals surface area contributed by atoms with Crippen LogP contribution < -0.4 is 16.2 Å². The van der Waals surface area contributed by atoms with Gasteiger partial charge in [0.05, 0.1) is 23.9 Å². The Morgan fingerprint density at radius 3 is 2.53 bits per heavy atom. The van der Waals surface area contributed by atoms with E-state index in [1.807, 2.05) is 30.3 Å². The molecule has 1 atom stereocenters. The Morgan fingerprint density at radius 1 is 1.10 bits per heavy atom. The number of aromatic nitrogens is 2. The number of amides is 2. The first kappa shape index (κ1) is 20.6. The van der Waals surface area contributed by atoms with Crippen LogP contribution in [-0.4, -0.2) is 31.8 Å². The molecule has 1 aromatic carbocycles. The predicted octanol–water partition coefficient (Wildman–Crippen LogP) is 2.49. The third kappa shape index (κ3) is 4.82. The molecule has 0 saturated heterocycles. The van der Waals surface area contributed by atoms with Gasteiger partial charge in [0.1, 0.15) is 5.75 Å². The van der Waals surface area contributed by atoms with Crippen molar-refractivity contribution < 1.29 is 19.8 Å². The number of nitrogens with one attached hydrogen (secondary N) is 2. The summed E-state index contributed by atoms with van der Waals surface area (Å²) in [6, 6.07) is 13.9. The number of carboxylic acids is 1. The first-order valence-electron chi connectivity index (χ1n) is 9.05. The zero-order valence-electron chi connectivity index (χ0n) is 16.1. The van der Waals surface area contributed by atoms with Crippen LogP contribution in [0.1, 0.15) is 18.2 Å². The number of hydrogen-bond donors (Lipinski definition) is 4. The molecule has 0 bridgehead atoms. The second kappa shape index (κ2) is 8.91. The minimum Gasteiger partial charge on any atom is -0.505 e. The van der Waals surface area contributed by atoms with Crippen molar-refractivity contribution in [1.82, 2.24) is 14.9 Å². The van der Waals surface area contributed by atoms with Crippen LogP contribution in [-0.2, 0) is 11.8 Å². The second-order valence-electron chi connectivity index (χ2n) is 6.55. The quantitative estimate of drug-likeness (QED) is 0.495. The smallest absolute Gasteiger partial charge is 0.320 e. The summed E-state index contributed by atoms with van der Waals surface area (Å²) in [5, 5.41) is 23.9. The first-order chi connectivity index (χ1) is 14.3. The van der Waals surface area contributed by atoms with E-state index in [0.29, 0.717) is 11.4 Å². The highest BCUT2D eigenvalue weighted by Gasteiger charge is 2.21. The molecule has 2 heterocycles. The van der Waals surface area contributed by atoms with Gasteiger partial charge in [-0.3, -0.25) is 14.6 Å². The molecule has 2 aromatic heterocycles. The second-order valence-corrected chi connectivity index (χ2v) is 6.55. The average molecular weight is 408 g/mol. The Balaban J connectivity index is 1.85. The van der Waals surface area contributed by atoms with Gasteiger partial charge in [0.25, 0.3) is 5.56 Å². The number of nitrogens with zero attached hydrogens (tertiary/aromatic N) is 2. The zero-order valence-corrected chi connectivity index (χ0v) is 16.1. The van der Waals surface area contributed by atoms with Crippen LogP contribution in [0.2, 0.25) is 0 Å². The van der Waals surface area contributed by atoms with Crippen LogP contribution in [0.4, 0.5) is 10.5 Å². The number of carbonyl (C=O) groups excluding carboxylic acids is 1. The van der Waals surface area contributed by atoms with E-state index in [-0.39, 0.29) is 5.69 Å². The number of rotatable bonds is 6. The van der Waals surface area contributed by atoms with Gasteiger partial charge in [-0.15, -0.1) is 0 Å². The van der Waals surface area contributed by atoms with Crippen molar-refractivity contribution in [3.63, 3.8) is 0 Å². The first-order valence-corrected chi connectivity index (χ1v) is 9.05. The molecule has 0 radical (unpaired) electrons. The Bertz CT molecular complexity index is 1130. The number of benzene rings is 1. The van der Waals surface area contributed by atoms with Gasteiger partial charge in [0.15, 0.2) is 5.69 Å². The molecule has 9 heteroatoms. The molecule has 0 aliphatic heterocycles. The Morgan fingerprint density at radius 2 is 1.83 bits per heavy atom. The number of carboxylic acid groups (broad SMARTS) is 1. The minimum atomic E-state index is -1.13. The van der Waals surface area contributed by atoms with Crippen molar-refractivity contribution in [2.45, 2.75) is 12.5 Å². The summed E-state index contributed by atoms with van der Waals surface area (Å²) in [7, 11) is 1.47. The molecule has 0 spiro atoms. The average Bonchev–Trinajstić information content (AvgIpc) is 2.74. The van der Waals surface area contributed by atoms with Crippen LogP contribution in [0, 0.1) is 0 Å². The fraction of sp³-hybridized carbons (Fsp3) is 0.143. The van der Waals surface area contributed by atoms with Crippen LogP contribution in [0.25, 0.3) is 11.3 Å². The van der Waals surface area contributed by atoms with Crippen molar-refractivity contribution in [3.8, 4) is 17.0 Å². The molecule has 2 amide bonds. The van der Waals surface area contributed by atoms with Gasteiger partial charge in [-0.2, -0.15) is 0 Å². The molecule has 4 N–H and O–H groups in total. The number of pyridine rings is 2. The van der Waals surface area contributed by atoms with E-state index in [9.17, 15) is 24.6 Å². The lowest BCUT2D eigenvalue weighted by atomic mass is 10.1. The molecule has 0 aliphatic rings. The van der Waals surface area contributed by atoms with E-state index in [1.165, 1.54) is 23.9 Å². The van der Waals surface area contributed by atoms with E-state index in [4.69, 9.17) is 0 Å². The lowest BCUT2D eigenvalue weighted by molar-refractivity contribution is -0.137. The molecule has 30 heavy (non-hydrogen) atoms. The van der Waals surface area contributed by atoms with Crippen molar-refractivity contribution in [2.75, 3.05) is 5.32 Å². The fourth-order valence-electron chi connectivity index (χ4n) is 2.86. The van der Waals surface area contributed by atoms with Crippen molar-refractivity contribution in [3.05, 3.63) is 76.8 Å². The number of carbonyl (C=O) groups is 2. The lowest BCUT2D eigenvalue weighted by Gasteiger charge is -2.18. The molecular formula is C21H20N4O5. The highest BCUT2D eigenvalue weighted by molar-refractivity contribution is 5.91. The molecule has 0 saturated carbocycles. The molecule has 3 aromatic rings. The summed E-state index contributed by atoms with van der Waals surface area (Å²) in [5.41, 5.74) is 0.900. The van der Waals surface area contributed by atoms with Crippen LogP contribution in [0.5, 0.6) is 5.75 Å². The Kier molecular flexibility index (Phi) is 6.11. The summed E-state index contributed by atoms with van der Waals surface area (Å²) >= 11 is 0. The molecule has 9 nitrogen and oxygen atoms in total. The topological polar surface area (TPSA) is 134 Å². The summed E-state index contributed by atoms with van der Waals surface area (Å²) in [5.74, 6) is -1.53. The van der Waals surface area contributed by atoms with E-state index >= 15 is 0 Å². The number of aromatic hydroxyl groups is 1. The summed E-state index contributed by atoms with van der Waals surface area (Å²) in [4.78, 5) is 40.4. The standard InChI is InChI=1S/C21H20N4O5/c1-25-11-10-17(26)19(20(25)29)24-21(30)23-16(12-18(27)28)15-9-5-8-14(22-15)13-6-3-2-4-7-13/h2-11,16,26H,12H2,1H3,(H,27,28)(H2,23,24,30). The van der Waals surface area contributed by atoms with E-state index in [1.54, 1.807) is 18.2 Å². The Labute approximate surface area is 171 Å². The normalized spacial score (nSPS) is 11.5. The molecule has 154 valence electrons. The van der Waals surface area contributed by atoms with Crippen LogP contribution in [0.3, 0.4) is 0 Å². The maximum absolute atomic E-state index is 12.4. The maximum Gasteiger partial charge on any atom is 0.320 e. The number of hydrogen-bond acceptors (Lipinski definition) is 5. The van der Waals surface area contributed by atoms with Gasteiger partial charge >= 0.3 is 12.0 Å². The predicted molar refractivity (Wildman–Crippen MR) is 110 cm³/mol. The monoisotopic (exact) mass is 408 g/mol. The molecular weight excluding hydrogens is 388 g/mol. The highest BCUT2D eigenvalue weighted by atomic mass is 16.4. The van der Waals surface area contributed by atoms with Crippen molar-refractivity contribution in [1.29, 1.82) is 0 Å². The van der Waals surface area contributed by atoms with E-state index in [2.05, 4.69) is 15.6 Å². The van der Waals surface area contributed by atoms with Gasteiger partial charge in [-0.1, -0.05) is 36.4 Å². The number of aryl methyl sites for hydroxylation is 1. The summed E-state index contributed by atoms with van der Waals surface area (Å²) < 4.78 is 1.19. The minimum absolute atomic E-state index is 0.308. The van der Waals surface area contributed by atoms with Gasteiger partial charge in [-0.05, 0) is 18.2 Å². The molecule has 3 rings (SSSR count). The maximum atomic E-state index is 12.4. The zero-order chi connectivity index (χ0) is 21.7. The van der Waals surface area contributed by atoms with Gasteiger partial charge in [0, 0.05) is 18.8 Å². The Hall–Kier alpha value is -4.14. The van der Waals surface area contributed by atoms with E-state index in [0.717, 1.165) is 5.56 Å². The third-order valence-electron chi connectivity index (χ3n) is 4.37. The van der Waals surface area contributed by atoms with Gasteiger partial charge in [0.2, 0.25) is 0 Å². The number of urea groups is 1. The van der Waals surface area contributed by atoms with Crippen molar-refractivity contribution in [2.24, 2.45) is 7.05 Å². The highest BCUT2D eigenvalue weighted by Crippen LogP contribution is 2.22. The fourth-order valence-corrected chi connectivity index (χ4v) is 2.86. The summed E-state index contributed by atoms with van der Waals surface area (Å²) in [6.07, 6.45) is 0.935. The molecule has 0 aliphatic carbocycles.